The van der Waals surface area contributed by atoms with Gasteiger partial charge in [-0.05, 0) is 30.4 Å². The zero-order valence-corrected chi connectivity index (χ0v) is 18.6. The average Bonchev–Trinajstić information content (AvgIpc) is 3.30. The highest BCUT2D eigenvalue weighted by Crippen LogP contribution is 2.26. The van der Waals surface area contributed by atoms with Crippen LogP contribution in [0.25, 0.3) is 0 Å². The molecule has 0 unspecified atom stereocenters. The molecule has 2 rings (SSSR count). The van der Waals surface area contributed by atoms with Crippen molar-refractivity contribution in [1.82, 2.24) is 4.90 Å². The van der Waals surface area contributed by atoms with Gasteiger partial charge >= 0.3 is 11.9 Å². The molecule has 8 nitrogen and oxygen atoms in total. The molecule has 1 atom stereocenters. The Morgan fingerprint density at radius 1 is 1.03 bits per heavy atom. The molecule has 0 fully saturated rings. The summed E-state index contributed by atoms with van der Waals surface area (Å²) in [5.41, 5.74) is 6.82. The summed E-state index contributed by atoms with van der Waals surface area (Å²) in [5.74, 6) is -0.687. The third-order valence-electron chi connectivity index (χ3n) is 4.57. The number of ether oxygens (including phenoxy) is 3. The summed E-state index contributed by atoms with van der Waals surface area (Å²) in [7, 11) is 2.63. The number of nitrogens with two attached hydrogens (primary N) is 1. The summed E-state index contributed by atoms with van der Waals surface area (Å²) >= 11 is 1.49. The van der Waals surface area contributed by atoms with E-state index >= 15 is 0 Å². The van der Waals surface area contributed by atoms with Crippen molar-refractivity contribution in [3.63, 3.8) is 0 Å². The molecular weight excluding hydrogens is 420 g/mol. The minimum Gasteiger partial charge on any atom is -0.493 e. The molecule has 31 heavy (non-hydrogen) atoms. The van der Waals surface area contributed by atoms with E-state index in [2.05, 4.69) is 4.74 Å². The molecule has 9 heteroatoms. The Bertz CT molecular complexity index is 855. The van der Waals surface area contributed by atoms with E-state index in [-0.39, 0.29) is 19.1 Å². The van der Waals surface area contributed by atoms with Gasteiger partial charge in [0.2, 0.25) is 5.91 Å². The third-order valence-corrected chi connectivity index (χ3v) is 5.43. The predicted molar refractivity (Wildman–Crippen MR) is 116 cm³/mol. The van der Waals surface area contributed by atoms with Crippen LogP contribution in [0.5, 0.6) is 5.75 Å². The Balaban J connectivity index is 2.06. The molecule has 0 aliphatic heterocycles. The summed E-state index contributed by atoms with van der Waals surface area (Å²) in [6, 6.07) is 9.80. The van der Waals surface area contributed by atoms with Crippen LogP contribution in [-0.2, 0) is 30.4 Å². The summed E-state index contributed by atoms with van der Waals surface area (Å²) in [5, 5.41) is 1.90. The van der Waals surface area contributed by atoms with E-state index in [0.29, 0.717) is 37.2 Å². The number of amides is 1. The number of nitrogens with zero attached hydrogens (tertiary/aromatic N) is 1. The molecule has 0 bridgehead atoms. The molecule has 0 radical (unpaired) electrons. The second-order valence-electron chi connectivity index (χ2n) is 6.75. The Kier molecular flexibility index (Phi) is 9.99. The highest BCUT2D eigenvalue weighted by Gasteiger charge is 2.27. The standard InChI is InChI=1S/C22H28N2O6S/c1-28-19(25)11-5-6-12-30-18-10-4-3-9-17(18)21(23)22(27)24(15-20(26)29-2)14-16-8-7-13-31-16/h3-4,7-10,13,21H,5-6,11-12,14-15,23H2,1-2H3/t21-/m0/s1. The van der Waals surface area contributed by atoms with Crippen LogP contribution in [0.1, 0.15) is 35.7 Å². The van der Waals surface area contributed by atoms with Crippen LogP contribution in [0.3, 0.4) is 0 Å². The van der Waals surface area contributed by atoms with Gasteiger partial charge in [-0.15, -0.1) is 11.3 Å². The fourth-order valence-electron chi connectivity index (χ4n) is 2.88. The van der Waals surface area contributed by atoms with Crippen molar-refractivity contribution in [1.29, 1.82) is 0 Å². The maximum atomic E-state index is 13.1. The average molecular weight is 449 g/mol. The molecule has 2 N–H and O–H groups in total. The van der Waals surface area contributed by atoms with Crippen LogP contribution in [0.15, 0.2) is 41.8 Å². The fraction of sp³-hybridized carbons (Fsp3) is 0.409. The molecule has 1 amide bonds. The number of carbonyl (C=O) groups is 3. The van der Waals surface area contributed by atoms with Gasteiger partial charge in [0.15, 0.2) is 0 Å². The minimum atomic E-state index is -1.00. The van der Waals surface area contributed by atoms with E-state index in [0.717, 1.165) is 4.88 Å². The van der Waals surface area contributed by atoms with Crippen molar-refractivity contribution in [3.8, 4) is 5.75 Å². The topological polar surface area (TPSA) is 108 Å². The summed E-state index contributed by atoms with van der Waals surface area (Å²) in [6.45, 7) is 0.434. The third kappa shape index (κ3) is 7.69. The number of methoxy groups -OCH3 is 2. The Morgan fingerprint density at radius 3 is 2.45 bits per heavy atom. The number of rotatable bonds is 12. The van der Waals surface area contributed by atoms with Crippen molar-refractivity contribution in [2.75, 3.05) is 27.4 Å². The molecule has 0 aliphatic carbocycles. The van der Waals surface area contributed by atoms with Crippen molar-refractivity contribution in [2.24, 2.45) is 5.73 Å². The minimum absolute atomic E-state index is 0.197. The molecule has 1 heterocycles. The predicted octanol–water partition coefficient (Wildman–Crippen LogP) is 2.67. The first-order valence-electron chi connectivity index (χ1n) is 9.88. The van der Waals surface area contributed by atoms with Gasteiger partial charge in [-0.25, -0.2) is 0 Å². The Labute approximate surface area is 185 Å². The van der Waals surface area contributed by atoms with Gasteiger partial charge < -0.3 is 24.8 Å². The first-order valence-corrected chi connectivity index (χ1v) is 10.8. The lowest BCUT2D eigenvalue weighted by molar-refractivity contribution is -0.147. The molecule has 1 aromatic carbocycles. The molecule has 0 saturated heterocycles. The fourth-order valence-corrected chi connectivity index (χ4v) is 3.60. The van der Waals surface area contributed by atoms with Crippen LogP contribution in [-0.4, -0.2) is 50.1 Å². The van der Waals surface area contributed by atoms with Crippen molar-refractivity contribution in [2.45, 2.75) is 31.8 Å². The van der Waals surface area contributed by atoms with Crippen LogP contribution in [0, 0.1) is 0 Å². The largest absolute Gasteiger partial charge is 0.493 e. The van der Waals surface area contributed by atoms with Gasteiger partial charge in [-0.1, -0.05) is 24.3 Å². The van der Waals surface area contributed by atoms with Gasteiger partial charge in [-0.2, -0.15) is 0 Å². The van der Waals surface area contributed by atoms with Crippen molar-refractivity contribution < 1.29 is 28.6 Å². The van der Waals surface area contributed by atoms with E-state index in [9.17, 15) is 14.4 Å². The smallest absolute Gasteiger partial charge is 0.325 e. The summed E-state index contributed by atoms with van der Waals surface area (Å²) in [4.78, 5) is 38.5. The van der Waals surface area contributed by atoms with E-state index in [1.807, 2.05) is 17.5 Å². The summed E-state index contributed by atoms with van der Waals surface area (Å²) in [6.07, 6.45) is 1.61. The van der Waals surface area contributed by atoms with Gasteiger partial charge in [0.05, 0.1) is 27.4 Å². The van der Waals surface area contributed by atoms with Gasteiger partial charge in [0.25, 0.3) is 0 Å². The van der Waals surface area contributed by atoms with Crippen LogP contribution in [0.4, 0.5) is 0 Å². The molecule has 1 aromatic heterocycles. The summed E-state index contributed by atoms with van der Waals surface area (Å²) < 4.78 is 15.2. The molecule has 0 saturated carbocycles. The second kappa shape index (κ2) is 12.7. The van der Waals surface area contributed by atoms with E-state index < -0.39 is 17.9 Å². The highest BCUT2D eigenvalue weighted by molar-refractivity contribution is 7.09. The lowest BCUT2D eigenvalue weighted by Crippen LogP contribution is -2.41. The van der Waals surface area contributed by atoms with Gasteiger partial charge in [-0.3, -0.25) is 14.4 Å². The number of esters is 2. The Hall–Kier alpha value is -2.91. The SMILES string of the molecule is COC(=O)CCCCOc1ccccc1[C@H](N)C(=O)N(CC(=O)OC)Cc1cccs1. The van der Waals surface area contributed by atoms with Crippen LogP contribution < -0.4 is 10.5 Å². The normalized spacial score (nSPS) is 11.5. The van der Waals surface area contributed by atoms with Crippen LogP contribution >= 0.6 is 11.3 Å². The van der Waals surface area contributed by atoms with Crippen LogP contribution in [0.2, 0.25) is 0 Å². The number of hydrogen-bond acceptors (Lipinski definition) is 8. The molecule has 0 spiro atoms. The van der Waals surface area contributed by atoms with E-state index in [1.54, 1.807) is 24.3 Å². The van der Waals surface area contributed by atoms with Crippen molar-refractivity contribution in [3.05, 3.63) is 52.2 Å². The van der Waals surface area contributed by atoms with E-state index in [1.165, 1.54) is 30.5 Å². The number of carbonyl (C=O) groups excluding carboxylic acids is 3. The lowest BCUT2D eigenvalue weighted by Gasteiger charge is -2.25. The number of unbranched alkanes of at least 4 members (excludes halogenated alkanes) is 1. The monoisotopic (exact) mass is 448 g/mol. The quantitative estimate of drug-likeness (QED) is 0.393. The second-order valence-corrected chi connectivity index (χ2v) is 7.78. The number of hydrogen-bond donors (Lipinski definition) is 1. The van der Waals surface area contributed by atoms with Crippen molar-refractivity contribution >= 4 is 29.2 Å². The number of benzene rings is 1. The van der Waals surface area contributed by atoms with Gasteiger partial charge in [0.1, 0.15) is 18.3 Å². The highest BCUT2D eigenvalue weighted by atomic mass is 32.1. The number of para-hydroxylation sites is 1. The first-order chi connectivity index (χ1) is 15.0. The first kappa shape index (κ1) is 24.4. The van der Waals surface area contributed by atoms with Gasteiger partial charge in [0, 0.05) is 16.9 Å². The maximum absolute atomic E-state index is 13.1. The maximum Gasteiger partial charge on any atom is 0.325 e. The zero-order chi connectivity index (χ0) is 22.6. The molecule has 2 aromatic rings. The molecule has 0 aliphatic rings. The number of thiophene rings is 1. The zero-order valence-electron chi connectivity index (χ0n) is 17.7. The Morgan fingerprint density at radius 2 is 1.77 bits per heavy atom. The molecule has 168 valence electrons. The lowest BCUT2D eigenvalue weighted by atomic mass is 10.0. The van der Waals surface area contributed by atoms with E-state index in [4.69, 9.17) is 15.2 Å². The molecular formula is C22H28N2O6S.